The van der Waals surface area contributed by atoms with Crippen molar-refractivity contribution in [3.05, 3.63) is 42.0 Å². The van der Waals surface area contributed by atoms with Crippen molar-refractivity contribution in [1.82, 2.24) is 0 Å². The van der Waals surface area contributed by atoms with Gasteiger partial charge in [0.25, 0.3) is 0 Å². The van der Waals surface area contributed by atoms with E-state index in [1.807, 2.05) is 30.3 Å². The first kappa shape index (κ1) is 11.6. The Hall–Kier alpha value is -1.87. The second-order valence-electron chi connectivity index (χ2n) is 3.70. The molecule has 0 aliphatic rings. The fourth-order valence-electron chi connectivity index (χ4n) is 1.74. The summed E-state index contributed by atoms with van der Waals surface area (Å²) in [5, 5.41) is 11.0. The molecule has 0 aromatic heterocycles. The molecule has 0 amide bonds. The van der Waals surface area contributed by atoms with Crippen LogP contribution in [0.15, 0.2) is 41.4 Å². The fourth-order valence-corrected chi connectivity index (χ4v) is 1.74. The van der Waals surface area contributed by atoms with Crippen LogP contribution in [0.1, 0.15) is 5.56 Å². The number of aliphatic hydroxyl groups is 1. The molecule has 0 saturated carbocycles. The zero-order valence-electron chi connectivity index (χ0n) is 9.76. The number of rotatable bonds is 4. The van der Waals surface area contributed by atoms with E-state index in [0.717, 1.165) is 22.1 Å². The second-order valence-corrected chi connectivity index (χ2v) is 3.70. The van der Waals surface area contributed by atoms with Crippen molar-refractivity contribution >= 4 is 17.0 Å². The van der Waals surface area contributed by atoms with Crippen LogP contribution in [0.4, 0.5) is 0 Å². The zero-order valence-corrected chi connectivity index (χ0v) is 9.76. The summed E-state index contributed by atoms with van der Waals surface area (Å²) in [7, 11) is 1.65. The first-order valence-corrected chi connectivity index (χ1v) is 5.52. The van der Waals surface area contributed by atoms with Crippen LogP contribution in [0.25, 0.3) is 10.8 Å². The Labute approximate surface area is 100 Å². The third-order valence-corrected chi connectivity index (χ3v) is 2.56. The van der Waals surface area contributed by atoms with E-state index in [1.54, 1.807) is 13.3 Å². The Kier molecular flexibility index (Phi) is 3.73. The van der Waals surface area contributed by atoms with Crippen LogP contribution < -0.4 is 4.74 Å². The average molecular weight is 229 g/mol. The first-order valence-electron chi connectivity index (χ1n) is 5.52. The van der Waals surface area contributed by atoms with Gasteiger partial charge in [-0.15, -0.1) is 0 Å². The number of aliphatic hydroxyl groups excluding tert-OH is 1. The molecule has 0 saturated heterocycles. The molecule has 2 rings (SSSR count). The maximum absolute atomic E-state index is 8.70. The lowest BCUT2D eigenvalue weighted by Crippen LogP contribution is -1.93. The van der Waals surface area contributed by atoms with Crippen LogP contribution >= 0.6 is 0 Å². The van der Waals surface area contributed by atoms with Crippen molar-refractivity contribution in [2.75, 3.05) is 20.3 Å². The smallest absolute Gasteiger partial charge is 0.128 e. The Morgan fingerprint density at radius 2 is 1.94 bits per heavy atom. The molecule has 0 unspecified atom stereocenters. The largest absolute Gasteiger partial charge is 0.496 e. The van der Waals surface area contributed by atoms with Crippen LogP contribution in [0.5, 0.6) is 5.75 Å². The van der Waals surface area contributed by atoms with Crippen molar-refractivity contribution in [3.63, 3.8) is 0 Å². The number of hydrogen-bond acceptors (Lipinski definition) is 3. The topological polar surface area (TPSA) is 41.8 Å². The maximum atomic E-state index is 8.70. The number of hydrogen-bond donors (Lipinski definition) is 1. The molecule has 2 aromatic carbocycles. The van der Waals surface area contributed by atoms with E-state index >= 15 is 0 Å². The predicted octanol–water partition coefficient (Wildman–Crippen LogP) is 2.26. The summed E-state index contributed by atoms with van der Waals surface area (Å²) in [4.78, 5) is 4.12. The summed E-state index contributed by atoms with van der Waals surface area (Å²) in [5.74, 6) is 0.797. The van der Waals surface area contributed by atoms with Gasteiger partial charge in [0, 0.05) is 11.8 Å². The highest BCUT2D eigenvalue weighted by Gasteiger charge is 2.02. The number of nitrogens with zero attached hydrogens (tertiary/aromatic N) is 1. The highest BCUT2D eigenvalue weighted by atomic mass is 16.5. The third-order valence-electron chi connectivity index (χ3n) is 2.56. The Morgan fingerprint density at radius 1 is 1.24 bits per heavy atom. The van der Waals surface area contributed by atoms with Gasteiger partial charge in [0.05, 0.1) is 20.3 Å². The minimum Gasteiger partial charge on any atom is -0.496 e. The van der Waals surface area contributed by atoms with E-state index in [9.17, 15) is 0 Å². The van der Waals surface area contributed by atoms with E-state index in [0.29, 0.717) is 6.54 Å². The fraction of sp³-hybridized carbons (Fsp3) is 0.214. The predicted molar refractivity (Wildman–Crippen MR) is 70.0 cm³/mol. The first-order chi connectivity index (χ1) is 8.35. The van der Waals surface area contributed by atoms with Gasteiger partial charge in [0.1, 0.15) is 5.75 Å². The molecule has 0 aliphatic heterocycles. The normalized spacial score (nSPS) is 11.2. The van der Waals surface area contributed by atoms with Gasteiger partial charge in [-0.3, -0.25) is 4.99 Å². The number of methoxy groups -OCH3 is 1. The van der Waals surface area contributed by atoms with Gasteiger partial charge in [-0.1, -0.05) is 24.3 Å². The molecular formula is C14H15NO2. The minimum atomic E-state index is 0.0619. The second kappa shape index (κ2) is 5.46. The summed E-state index contributed by atoms with van der Waals surface area (Å²) in [6.07, 6.45) is 1.74. The Balaban J connectivity index is 2.45. The molecule has 17 heavy (non-hydrogen) atoms. The van der Waals surface area contributed by atoms with Gasteiger partial charge in [0.15, 0.2) is 0 Å². The molecular weight excluding hydrogens is 214 g/mol. The molecule has 0 atom stereocenters. The number of benzene rings is 2. The molecule has 3 heteroatoms. The summed E-state index contributed by atoms with van der Waals surface area (Å²) >= 11 is 0. The van der Waals surface area contributed by atoms with Gasteiger partial charge >= 0.3 is 0 Å². The monoisotopic (exact) mass is 229 g/mol. The quantitative estimate of drug-likeness (QED) is 0.817. The van der Waals surface area contributed by atoms with Crippen molar-refractivity contribution in [2.45, 2.75) is 0 Å². The summed E-state index contributed by atoms with van der Waals surface area (Å²) in [6.45, 7) is 0.475. The molecule has 0 aliphatic carbocycles. The van der Waals surface area contributed by atoms with Crippen LogP contribution in [-0.4, -0.2) is 31.6 Å². The van der Waals surface area contributed by atoms with E-state index in [1.165, 1.54) is 0 Å². The van der Waals surface area contributed by atoms with Crippen molar-refractivity contribution in [3.8, 4) is 5.75 Å². The van der Waals surface area contributed by atoms with Crippen molar-refractivity contribution < 1.29 is 9.84 Å². The van der Waals surface area contributed by atoms with Gasteiger partial charge in [-0.2, -0.15) is 0 Å². The maximum Gasteiger partial charge on any atom is 0.128 e. The molecule has 0 spiro atoms. The lowest BCUT2D eigenvalue weighted by molar-refractivity contribution is 0.307. The molecule has 0 bridgehead atoms. The van der Waals surface area contributed by atoms with Crippen molar-refractivity contribution in [2.24, 2.45) is 4.99 Å². The number of aliphatic imine (C=N–C) groups is 1. The molecule has 1 N–H and O–H groups in total. The summed E-state index contributed by atoms with van der Waals surface area (Å²) < 4.78 is 5.33. The number of ether oxygens (including phenoxy) is 1. The minimum absolute atomic E-state index is 0.0619. The van der Waals surface area contributed by atoms with Crippen LogP contribution in [0, 0.1) is 0 Å². The molecule has 88 valence electrons. The van der Waals surface area contributed by atoms with E-state index < -0.39 is 0 Å². The molecule has 0 radical (unpaired) electrons. The van der Waals surface area contributed by atoms with Gasteiger partial charge < -0.3 is 9.84 Å². The van der Waals surface area contributed by atoms with Crippen molar-refractivity contribution in [1.29, 1.82) is 0 Å². The Morgan fingerprint density at radius 3 is 2.59 bits per heavy atom. The van der Waals surface area contributed by atoms with Gasteiger partial charge in [-0.25, -0.2) is 0 Å². The molecule has 2 aromatic rings. The highest BCUT2D eigenvalue weighted by Crippen LogP contribution is 2.24. The Bertz CT molecular complexity index is 535. The van der Waals surface area contributed by atoms with E-state index in [2.05, 4.69) is 11.1 Å². The molecule has 3 nitrogen and oxygen atoms in total. The van der Waals surface area contributed by atoms with Crippen LogP contribution in [-0.2, 0) is 0 Å². The zero-order chi connectivity index (χ0) is 12.1. The van der Waals surface area contributed by atoms with E-state index in [-0.39, 0.29) is 6.61 Å². The number of fused-ring (bicyclic) bond motifs is 1. The standard InChI is InChI=1S/C14H15NO2/c1-17-14-9-12-5-3-2-4-11(12)8-13(14)10-15-6-7-16/h2-5,8-10,16H,6-7H2,1H3. The van der Waals surface area contributed by atoms with Crippen LogP contribution in [0.3, 0.4) is 0 Å². The lowest BCUT2D eigenvalue weighted by atomic mass is 10.1. The van der Waals surface area contributed by atoms with Gasteiger partial charge in [0.2, 0.25) is 0 Å². The lowest BCUT2D eigenvalue weighted by Gasteiger charge is -2.06. The summed E-state index contributed by atoms with van der Waals surface area (Å²) in [6, 6.07) is 12.1. The van der Waals surface area contributed by atoms with E-state index in [4.69, 9.17) is 9.84 Å². The third kappa shape index (κ3) is 2.63. The SMILES string of the molecule is COc1cc2ccccc2cc1C=NCCO. The average Bonchev–Trinajstić information content (AvgIpc) is 2.38. The summed E-state index contributed by atoms with van der Waals surface area (Å²) in [5.41, 5.74) is 0.930. The molecule has 0 fully saturated rings. The van der Waals surface area contributed by atoms with Crippen LogP contribution in [0.2, 0.25) is 0 Å². The van der Waals surface area contributed by atoms with Gasteiger partial charge in [-0.05, 0) is 22.9 Å². The molecule has 0 heterocycles. The highest BCUT2D eigenvalue weighted by molar-refractivity contribution is 5.93.